The van der Waals surface area contributed by atoms with Gasteiger partial charge in [-0.25, -0.2) is 4.57 Å². The van der Waals surface area contributed by atoms with Gasteiger partial charge in [0.1, 0.15) is 6.54 Å². The fourth-order valence-corrected chi connectivity index (χ4v) is 3.22. The Bertz CT molecular complexity index is 996. The number of aryl methyl sites for hydroxylation is 1. The van der Waals surface area contributed by atoms with Gasteiger partial charge in [0.2, 0.25) is 5.52 Å². The maximum absolute atomic E-state index is 6.01. The highest BCUT2D eigenvalue weighted by molar-refractivity contribution is 6.01. The zero-order valence-electron chi connectivity index (χ0n) is 10.9. The summed E-state index contributed by atoms with van der Waals surface area (Å²) in [6.07, 6.45) is 7.34. The highest BCUT2D eigenvalue weighted by Gasteiger charge is 2.36. The van der Waals surface area contributed by atoms with Gasteiger partial charge in [0.15, 0.2) is 5.58 Å². The van der Waals surface area contributed by atoms with Crippen molar-refractivity contribution in [2.24, 2.45) is 7.05 Å². The predicted octanol–water partition coefficient (Wildman–Crippen LogP) is 2.03. The van der Waals surface area contributed by atoms with Crippen LogP contribution in [0.4, 0.5) is 0 Å². The fraction of sp³-hybridized carbons (Fsp3) is 0.133. The number of imidazole rings is 1. The Morgan fingerprint density at radius 1 is 1.20 bits per heavy atom. The summed E-state index contributed by atoms with van der Waals surface area (Å²) in [5.74, 6) is 1.15. The smallest absolute Gasteiger partial charge is 0.339 e. The van der Waals surface area contributed by atoms with Gasteiger partial charge >= 0.3 is 5.71 Å². The molecule has 1 aliphatic heterocycles. The van der Waals surface area contributed by atoms with Gasteiger partial charge in [-0.1, -0.05) is 0 Å². The highest BCUT2D eigenvalue weighted by Crippen LogP contribution is 2.34. The average Bonchev–Trinajstić information content (AvgIpc) is 3.10. The molecule has 0 amide bonds. The lowest BCUT2D eigenvalue weighted by molar-refractivity contribution is -0.652. The number of furan rings is 1. The zero-order chi connectivity index (χ0) is 13.3. The normalized spacial score (nSPS) is 13.1. The van der Waals surface area contributed by atoms with E-state index in [1.807, 2.05) is 18.5 Å². The Morgan fingerprint density at radius 2 is 2.05 bits per heavy atom. The molecule has 0 unspecified atom stereocenters. The Balaban J connectivity index is 1.98. The van der Waals surface area contributed by atoms with Gasteiger partial charge in [0.05, 0.1) is 24.2 Å². The molecule has 0 aliphatic carbocycles. The lowest BCUT2D eigenvalue weighted by Gasteiger charge is -1.94. The van der Waals surface area contributed by atoms with Crippen molar-refractivity contribution in [3.8, 4) is 11.4 Å². The van der Waals surface area contributed by atoms with Crippen LogP contribution >= 0.6 is 0 Å². The van der Waals surface area contributed by atoms with Crippen molar-refractivity contribution >= 4 is 22.2 Å². The predicted molar refractivity (Wildman–Crippen MR) is 73.0 cm³/mol. The van der Waals surface area contributed by atoms with Gasteiger partial charge in [0.25, 0.3) is 5.82 Å². The molecule has 5 rings (SSSR count). The van der Waals surface area contributed by atoms with E-state index in [9.17, 15) is 0 Å². The molecule has 4 aromatic heterocycles. The standard InChI is InChI=1S/C15H11N4O/c1-18-13-10-3-5-17-7-12(10)20-15(13)19-8-9-2-4-16-6-11(9)14(18)19/h2-7H,8H2,1H3/q+1. The minimum absolute atomic E-state index is 0.831. The summed E-state index contributed by atoms with van der Waals surface area (Å²) in [6.45, 7) is 0.831. The van der Waals surface area contributed by atoms with Gasteiger partial charge in [-0.2, -0.15) is 4.57 Å². The maximum atomic E-state index is 6.01. The molecule has 96 valence electrons. The summed E-state index contributed by atoms with van der Waals surface area (Å²) in [5, 5.41) is 1.10. The summed E-state index contributed by atoms with van der Waals surface area (Å²) in [5.41, 5.74) is 5.32. The summed E-state index contributed by atoms with van der Waals surface area (Å²) in [7, 11) is 2.08. The molecule has 0 spiro atoms. The molecule has 5 nitrogen and oxygen atoms in total. The van der Waals surface area contributed by atoms with Crippen LogP contribution in [0, 0.1) is 0 Å². The van der Waals surface area contributed by atoms with E-state index in [4.69, 9.17) is 4.42 Å². The van der Waals surface area contributed by atoms with E-state index >= 15 is 0 Å². The summed E-state index contributed by atoms with van der Waals surface area (Å²) >= 11 is 0. The number of aromatic nitrogens is 4. The Kier molecular flexibility index (Phi) is 1.65. The Labute approximate surface area is 114 Å². The molecule has 0 saturated heterocycles. The zero-order valence-corrected chi connectivity index (χ0v) is 10.9. The largest absolute Gasteiger partial charge is 0.417 e. The number of rotatable bonds is 0. The lowest BCUT2D eigenvalue weighted by atomic mass is 10.2. The highest BCUT2D eigenvalue weighted by atomic mass is 16.3. The molecule has 20 heavy (non-hydrogen) atoms. The van der Waals surface area contributed by atoms with Crippen molar-refractivity contribution in [2.75, 3.05) is 0 Å². The number of hydrogen-bond donors (Lipinski definition) is 0. The van der Waals surface area contributed by atoms with Gasteiger partial charge in [-0.15, -0.1) is 0 Å². The molecule has 0 atom stereocenters. The second kappa shape index (κ2) is 3.25. The molecule has 0 N–H and O–H groups in total. The molecule has 5 heteroatoms. The van der Waals surface area contributed by atoms with Crippen LogP contribution in [0.5, 0.6) is 0 Å². The van der Waals surface area contributed by atoms with Crippen LogP contribution in [0.25, 0.3) is 33.6 Å². The van der Waals surface area contributed by atoms with Crippen LogP contribution in [0.3, 0.4) is 0 Å². The van der Waals surface area contributed by atoms with Gasteiger partial charge < -0.3 is 4.42 Å². The SMILES string of the molecule is Cn1c2[n+](c3oc4cnccc4c31)Cc1ccncc1-2. The molecule has 1 aliphatic rings. The van der Waals surface area contributed by atoms with Crippen molar-refractivity contribution in [1.29, 1.82) is 0 Å². The number of nitrogens with zero attached hydrogens (tertiary/aromatic N) is 4. The maximum Gasteiger partial charge on any atom is 0.339 e. The van der Waals surface area contributed by atoms with Crippen LogP contribution in [-0.4, -0.2) is 14.5 Å². The minimum atomic E-state index is 0.831. The van der Waals surface area contributed by atoms with Crippen LogP contribution in [0.2, 0.25) is 0 Å². The first-order valence-corrected chi connectivity index (χ1v) is 6.52. The quantitative estimate of drug-likeness (QED) is 0.402. The van der Waals surface area contributed by atoms with Gasteiger partial charge in [-0.3, -0.25) is 9.97 Å². The van der Waals surface area contributed by atoms with E-state index in [-0.39, 0.29) is 0 Å². The average molecular weight is 263 g/mol. The molecule has 0 fully saturated rings. The molecule has 0 aromatic carbocycles. The third-order valence-corrected chi connectivity index (χ3v) is 4.08. The molecular weight excluding hydrogens is 252 g/mol. The molecule has 0 saturated carbocycles. The second-order valence-corrected chi connectivity index (χ2v) is 5.13. The van der Waals surface area contributed by atoms with E-state index in [1.165, 1.54) is 11.1 Å². The van der Waals surface area contributed by atoms with Crippen LogP contribution in [-0.2, 0) is 13.6 Å². The summed E-state index contributed by atoms with van der Waals surface area (Å²) < 4.78 is 10.4. The number of hydrogen-bond acceptors (Lipinski definition) is 3. The molecule has 5 heterocycles. The topological polar surface area (TPSA) is 47.7 Å². The lowest BCUT2D eigenvalue weighted by Crippen LogP contribution is -2.31. The third kappa shape index (κ3) is 1.02. The second-order valence-electron chi connectivity index (χ2n) is 5.13. The van der Waals surface area contributed by atoms with Crippen molar-refractivity contribution in [3.63, 3.8) is 0 Å². The minimum Gasteiger partial charge on any atom is -0.417 e. The summed E-state index contributed by atoms with van der Waals surface area (Å²) in [4.78, 5) is 8.37. The van der Waals surface area contributed by atoms with E-state index in [0.29, 0.717) is 0 Å². The van der Waals surface area contributed by atoms with E-state index in [1.54, 1.807) is 12.4 Å². The van der Waals surface area contributed by atoms with Crippen LogP contribution < -0.4 is 4.57 Å². The van der Waals surface area contributed by atoms with Gasteiger partial charge in [-0.05, 0) is 12.1 Å². The van der Waals surface area contributed by atoms with Gasteiger partial charge in [0, 0.05) is 24.2 Å². The molecular formula is C15H11N4O+. The summed E-state index contributed by atoms with van der Waals surface area (Å²) in [6, 6.07) is 4.07. The third-order valence-electron chi connectivity index (χ3n) is 4.08. The van der Waals surface area contributed by atoms with E-state index in [2.05, 4.69) is 32.2 Å². The first-order chi connectivity index (χ1) is 9.84. The molecule has 0 bridgehead atoms. The van der Waals surface area contributed by atoms with Crippen molar-refractivity contribution in [3.05, 3.63) is 42.5 Å². The Morgan fingerprint density at radius 3 is 3.00 bits per heavy atom. The van der Waals surface area contributed by atoms with E-state index < -0.39 is 0 Å². The molecule has 0 radical (unpaired) electrons. The first kappa shape index (κ1) is 10.1. The Hall–Kier alpha value is -2.69. The van der Waals surface area contributed by atoms with Crippen molar-refractivity contribution in [2.45, 2.75) is 6.54 Å². The monoisotopic (exact) mass is 263 g/mol. The number of fused-ring (bicyclic) bond motifs is 7. The number of pyridine rings is 2. The van der Waals surface area contributed by atoms with Crippen molar-refractivity contribution < 1.29 is 8.98 Å². The first-order valence-electron chi connectivity index (χ1n) is 6.52. The molecule has 4 aromatic rings. The van der Waals surface area contributed by atoms with Crippen LogP contribution in [0.15, 0.2) is 41.3 Å². The van der Waals surface area contributed by atoms with E-state index in [0.717, 1.165) is 34.6 Å². The van der Waals surface area contributed by atoms with Crippen LogP contribution in [0.1, 0.15) is 5.56 Å². The van der Waals surface area contributed by atoms with Crippen molar-refractivity contribution in [1.82, 2.24) is 14.5 Å². The fourth-order valence-electron chi connectivity index (χ4n) is 3.22.